The smallest absolute Gasteiger partial charge is 0.102 e. The van der Waals surface area contributed by atoms with Gasteiger partial charge in [-0.15, -0.1) is 0 Å². The van der Waals surface area contributed by atoms with Gasteiger partial charge < -0.3 is 18.9 Å². The fourth-order valence-electron chi connectivity index (χ4n) is 3.97. The van der Waals surface area contributed by atoms with Crippen molar-refractivity contribution in [3.8, 4) is 0 Å². The van der Waals surface area contributed by atoms with E-state index in [1.807, 2.05) is 0 Å². The molecule has 0 spiro atoms. The molecule has 0 amide bonds. The van der Waals surface area contributed by atoms with Crippen molar-refractivity contribution in [2.45, 2.75) is 75.1 Å². The highest BCUT2D eigenvalue weighted by atomic mass is 16.6. The number of fused-ring (bicyclic) bond motifs is 3. The van der Waals surface area contributed by atoms with Crippen LogP contribution in [0.2, 0.25) is 0 Å². The summed E-state index contributed by atoms with van der Waals surface area (Å²) in [5.74, 6) is 0. The Morgan fingerprint density at radius 2 is 1.45 bits per heavy atom. The van der Waals surface area contributed by atoms with E-state index >= 15 is 0 Å². The van der Waals surface area contributed by atoms with Crippen LogP contribution >= 0.6 is 0 Å². The lowest BCUT2D eigenvalue weighted by Gasteiger charge is -2.31. The highest BCUT2D eigenvalue weighted by Gasteiger charge is 2.41. The quantitative estimate of drug-likeness (QED) is 0.638. The predicted molar refractivity (Wildman–Crippen MR) is 73.6 cm³/mol. The molecule has 0 bridgehead atoms. The van der Waals surface area contributed by atoms with E-state index in [1.54, 1.807) is 0 Å². The summed E-state index contributed by atoms with van der Waals surface area (Å²) in [4.78, 5) is 0. The Hall–Kier alpha value is -0.420. The Bertz CT molecular complexity index is 369. The fraction of sp³-hybridized carbons (Fsp3) is 0.875. The normalized spacial score (nSPS) is 48.4. The molecule has 0 N–H and O–H groups in total. The van der Waals surface area contributed by atoms with Crippen molar-refractivity contribution < 1.29 is 18.9 Å². The maximum absolute atomic E-state index is 6.38. The summed E-state index contributed by atoms with van der Waals surface area (Å²) >= 11 is 0. The van der Waals surface area contributed by atoms with Crippen LogP contribution < -0.4 is 0 Å². The zero-order valence-corrected chi connectivity index (χ0v) is 11.9. The molecule has 3 fully saturated rings. The molecule has 4 nitrogen and oxygen atoms in total. The molecule has 0 aromatic carbocycles. The summed E-state index contributed by atoms with van der Waals surface area (Å²) in [7, 11) is 0. The summed E-state index contributed by atoms with van der Waals surface area (Å²) < 4.78 is 24.4. The third kappa shape index (κ3) is 2.54. The maximum atomic E-state index is 6.38. The minimum Gasteiger partial charge on any atom is -0.376 e. The topological polar surface area (TPSA) is 36.9 Å². The Morgan fingerprint density at radius 3 is 2.40 bits per heavy atom. The van der Waals surface area contributed by atoms with Gasteiger partial charge >= 0.3 is 0 Å². The average molecular weight is 280 g/mol. The molecule has 0 aromatic heterocycles. The molecule has 0 unspecified atom stereocenters. The van der Waals surface area contributed by atoms with Gasteiger partial charge in [0.1, 0.15) is 6.10 Å². The third-order valence-corrected chi connectivity index (χ3v) is 5.05. The van der Waals surface area contributed by atoms with Crippen LogP contribution in [0.15, 0.2) is 12.2 Å². The van der Waals surface area contributed by atoms with Crippen LogP contribution in [0.5, 0.6) is 0 Å². The van der Waals surface area contributed by atoms with E-state index in [0.717, 1.165) is 51.7 Å². The van der Waals surface area contributed by atoms with E-state index in [1.165, 1.54) is 0 Å². The molecule has 4 heterocycles. The van der Waals surface area contributed by atoms with Crippen molar-refractivity contribution in [3.63, 3.8) is 0 Å². The zero-order chi connectivity index (χ0) is 13.4. The SMILES string of the molecule is C1=C[C@H]2O[C@H]3CC[C@H]4OCCC[C@@H]4O[C@@H]3CC[C@@H]2OC1. The molecule has 4 aliphatic heterocycles. The molecular weight excluding hydrogens is 256 g/mol. The number of rotatable bonds is 0. The van der Waals surface area contributed by atoms with Gasteiger partial charge in [0.05, 0.1) is 37.1 Å². The second-order valence-electron chi connectivity index (χ2n) is 6.36. The van der Waals surface area contributed by atoms with Crippen LogP contribution in [0.1, 0.15) is 38.5 Å². The van der Waals surface area contributed by atoms with E-state index in [9.17, 15) is 0 Å². The van der Waals surface area contributed by atoms with Gasteiger partial charge in [-0.25, -0.2) is 0 Å². The average Bonchev–Trinajstić information content (AvgIpc) is 2.76. The van der Waals surface area contributed by atoms with Crippen LogP contribution in [0, 0.1) is 0 Å². The molecule has 0 aliphatic carbocycles. The highest BCUT2D eigenvalue weighted by molar-refractivity contribution is 5.01. The van der Waals surface area contributed by atoms with E-state index in [0.29, 0.717) is 0 Å². The lowest BCUT2D eigenvalue weighted by Crippen LogP contribution is -2.38. The first kappa shape index (κ1) is 13.3. The molecule has 0 aromatic rings. The van der Waals surface area contributed by atoms with Gasteiger partial charge in [0.15, 0.2) is 0 Å². The van der Waals surface area contributed by atoms with Crippen molar-refractivity contribution in [1.82, 2.24) is 0 Å². The molecule has 3 saturated heterocycles. The highest BCUT2D eigenvalue weighted by Crippen LogP contribution is 2.35. The molecular formula is C16H24O4. The number of ether oxygens (including phenoxy) is 4. The van der Waals surface area contributed by atoms with Crippen molar-refractivity contribution >= 4 is 0 Å². The number of hydrogen-bond acceptors (Lipinski definition) is 4. The van der Waals surface area contributed by atoms with E-state index < -0.39 is 0 Å². The molecule has 4 rings (SSSR count). The molecule has 4 aliphatic rings. The Morgan fingerprint density at radius 1 is 0.700 bits per heavy atom. The van der Waals surface area contributed by atoms with E-state index in [4.69, 9.17) is 18.9 Å². The Balaban J connectivity index is 1.49. The summed E-state index contributed by atoms with van der Waals surface area (Å²) in [5, 5.41) is 0. The Labute approximate surface area is 120 Å². The molecule has 6 atom stereocenters. The summed E-state index contributed by atoms with van der Waals surface area (Å²) in [6.07, 6.45) is 12.0. The van der Waals surface area contributed by atoms with Gasteiger partial charge in [0.2, 0.25) is 0 Å². The first-order valence-electron chi connectivity index (χ1n) is 8.11. The first-order valence-corrected chi connectivity index (χ1v) is 8.11. The minimum absolute atomic E-state index is 0.114. The van der Waals surface area contributed by atoms with E-state index in [2.05, 4.69) is 12.2 Å². The van der Waals surface area contributed by atoms with Crippen LogP contribution in [-0.4, -0.2) is 49.8 Å². The van der Waals surface area contributed by atoms with Gasteiger partial charge in [-0.2, -0.15) is 0 Å². The monoisotopic (exact) mass is 280 g/mol. The second kappa shape index (κ2) is 5.76. The molecule has 112 valence electrons. The largest absolute Gasteiger partial charge is 0.376 e. The van der Waals surface area contributed by atoms with Crippen molar-refractivity contribution in [2.24, 2.45) is 0 Å². The summed E-state index contributed by atoms with van der Waals surface area (Å²) in [5.41, 5.74) is 0. The van der Waals surface area contributed by atoms with Crippen LogP contribution in [0.4, 0.5) is 0 Å². The third-order valence-electron chi connectivity index (χ3n) is 5.05. The summed E-state index contributed by atoms with van der Waals surface area (Å²) in [6.45, 7) is 1.61. The molecule has 20 heavy (non-hydrogen) atoms. The summed E-state index contributed by atoms with van der Waals surface area (Å²) in [6, 6.07) is 0. The maximum Gasteiger partial charge on any atom is 0.102 e. The van der Waals surface area contributed by atoms with Crippen molar-refractivity contribution in [2.75, 3.05) is 13.2 Å². The minimum atomic E-state index is 0.114. The van der Waals surface area contributed by atoms with Crippen LogP contribution in [0.25, 0.3) is 0 Å². The standard InChI is InChI=1S/C16H24O4/c1-3-13-11(17-9-1)5-7-16-15(19-13)8-6-12-14(20-16)4-2-10-18-12/h1,3,11-16H,2,4-10H2/t11-,12+,13+,14-,15-,16+/m0/s1. The number of hydrogen-bond donors (Lipinski definition) is 0. The van der Waals surface area contributed by atoms with Crippen LogP contribution in [0.3, 0.4) is 0 Å². The van der Waals surface area contributed by atoms with Gasteiger partial charge in [-0.05, 0) is 38.5 Å². The van der Waals surface area contributed by atoms with Crippen molar-refractivity contribution in [3.05, 3.63) is 12.2 Å². The van der Waals surface area contributed by atoms with Gasteiger partial charge in [-0.3, -0.25) is 0 Å². The van der Waals surface area contributed by atoms with Crippen LogP contribution in [-0.2, 0) is 18.9 Å². The van der Waals surface area contributed by atoms with Crippen molar-refractivity contribution in [1.29, 1.82) is 0 Å². The zero-order valence-electron chi connectivity index (χ0n) is 11.9. The molecule has 0 radical (unpaired) electrons. The molecule has 0 saturated carbocycles. The lowest BCUT2D eigenvalue weighted by molar-refractivity contribution is -0.144. The predicted octanol–water partition coefficient (Wildman–Crippen LogP) is 2.22. The lowest BCUT2D eigenvalue weighted by atomic mass is 10.0. The van der Waals surface area contributed by atoms with Gasteiger partial charge in [-0.1, -0.05) is 12.2 Å². The first-order chi connectivity index (χ1) is 9.90. The molecule has 4 heteroatoms. The second-order valence-corrected chi connectivity index (χ2v) is 6.36. The van der Waals surface area contributed by atoms with Gasteiger partial charge in [0, 0.05) is 6.61 Å². The van der Waals surface area contributed by atoms with Gasteiger partial charge in [0.25, 0.3) is 0 Å². The van der Waals surface area contributed by atoms with E-state index in [-0.39, 0.29) is 36.6 Å². The Kier molecular flexibility index (Phi) is 3.82. The fourth-order valence-corrected chi connectivity index (χ4v) is 3.97.